The van der Waals surface area contributed by atoms with Crippen molar-refractivity contribution in [2.24, 2.45) is 0 Å². The van der Waals surface area contributed by atoms with E-state index >= 15 is 0 Å². The molecule has 0 bridgehead atoms. The Balaban J connectivity index is 1.59. The van der Waals surface area contributed by atoms with E-state index in [1.54, 1.807) is 6.20 Å². The number of H-pyrrole nitrogens is 1. The largest absolute Gasteiger partial charge is 0.298 e. The lowest BCUT2D eigenvalue weighted by atomic mass is 9.83. The van der Waals surface area contributed by atoms with E-state index in [4.69, 9.17) is 0 Å². The van der Waals surface area contributed by atoms with Crippen LogP contribution in [0.4, 0.5) is 0 Å². The minimum absolute atomic E-state index is 0.359. The molecule has 0 radical (unpaired) electrons. The third-order valence-corrected chi connectivity index (χ3v) is 5.54. The first-order valence-corrected chi connectivity index (χ1v) is 9.38. The molecule has 3 heterocycles. The van der Waals surface area contributed by atoms with Gasteiger partial charge in [0.15, 0.2) is 0 Å². The summed E-state index contributed by atoms with van der Waals surface area (Å²) in [5.41, 5.74) is 7.26. The number of likely N-dealkylation sites (N-methyl/N-ethyl adjacent to an activating group) is 1. The number of nitrogens with zero attached hydrogens (tertiary/aromatic N) is 4. The molecule has 0 saturated carbocycles. The van der Waals surface area contributed by atoms with Gasteiger partial charge in [0.05, 0.1) is 17.4 Å². The molecule has 0 fully saturated rings. The van der Waals surface area contributed by atoms with Crippen LogP contribution in [0, 0.1) is 0 Å². The van der Waals surface area contributed by atoms with E-state index in [2.05, 4.69) is 68.6 Å². The number of benzene rings is 2. The Morgan fingerprint density at radius 2 is 2.11 bits per heavy atom. The smallest absolute Gasteiger partial charge is 0.0929 e. The number of fused-ring (bicyclic) bond motifs is 2. The summed E-state index contributed by atoms with van der Waals surface area (Å²) in [5.74, 6) is 0.359. The molecule has 0 saturated heterocycles. The molecule has 1 unspecified atom stereocenters. The van der Waals surface area contributed by atoms with Gasteiger partial charge in [-0.25, -0.2) is 0 Å². The van der Waals surface area contributed by atoms with Crippen molar-refractivity contribution in [2.45, 2.75) is 19.4 Å². The maximum absolute atomic E-state index is 4.27. The van der Waals surface area contributed by atoms with Crippen molar-refractivity contribution in [3.05, 3.63) is 77.6 Å². The molecule has 0 amide bonds. The van der Waals surface area contributed by atoms with Gasteiger partial charge in [-0.1, -0.05) is 31.2 Å². The maximum Gasteiger partial charge on any atom is 0.0929 e. The Morgan fingerprint density at radius 1 is 1.15 bits per heavy atom. The Bertz CT molecular complexity index is 1090. The van der Waals surface area contributed by atoms with Crippen LogP contribution in [0.1, 0.15) is 29.5 Å². The van der Waals surface area contributed by atoms with Crippen LogP contribution >= 0.6 is 0 Å². The lowest BCUT2D eigenvalue weighted by Crippen LogP contribution is -2.33. The van der Waals surface area contributed by atoms with Gasteiger partial charge < -0.3 is 0 Å². The highest BCUT2D eigenvalue weighted by molar-refractivity contribution is 5.78. The Kier molecular flexibility index (Phi) is 3.94. The van der Waals surface area contributed by atoms with Gasteiger partial charge in [0.25, 0.3) is 0 Å². The lowest BCUT2D eigenvalue weighted by molar-refractivity contribution is 0.253. The molecule has 4 aromatic rings. The van der Waals surface area contributed by atoms with Gasteiger partial charge in [-0.05, 0) is 47.5 Å². The van der Waals surface area contributed by atoms with Crippen LogP contribution in [-0.2, 0) is 6.54 Å². The Labute approximate surface area is 158 Å². The quantitative estimate of drug-likeness (QED) is 0.604. The third kappa shape index (κ3) is 2.90. The van der Waals surface area contributed by atoms with Crippen LogP contribution in [0.15, 0.2) is 60.9 Å². The molecule has 2 aromatic heterocycles. The zero-order chi connectivity index (χ0) is 18.2. The van der Waals surface area contributed by atoms with Crippen LogP contribution in [0.5, 0.6) is 0 Å². The first-order chi connectivity index (χ1) is 13.3. The van der Waals surface area contributed by atoms with Gasteiger partial charge in [0, 0.05) is 36.2 Å². The zero-order valence-corrected chi connectivity index (χ0v) is 15.3. The predicted octanol–water partition coefficient (Wildman–Crippen LogP) is 3.99. The number of hydrogen-bond donors (Lipinski definition) is 1. The predicted molar refractivity (Wildman–Crippen MR) is 106 cm³/mol. The van der Waals surface area contributed by atoms with Crippen molar-refractivity contribution in [2.75, 3.05) is 13.1 Å². The highest BCUT2D eigenvalue weighted by Crippen LogP contribution is 2.36. The van der Waals surface area contributed by atoms with Crippen molar-refractivity contribution >= 4 is 10.9 Å². The second-order valence-corrected chi connectivity index (χ2v) is 7.12. The molecule has 5 rings (SSSR count). The SMILES string of the molecule is CCN1Cc2cc(-c3cccnn3)ccc2C(c2ccc3cn[nH]c3c2)C1. The fraction of sp³-hybridized carbons (Fsp3) is 0.227. The molecule has 1 aliphatic heterocycles. The molecule has 5 heteroatoms. The summed E-state index contributed by atoms with van der Waals surface area (Å²) in [6.07, 6.45) is 3.59. The molecule has 134 valence electrons. The average molecular weight is 355 g/mol. The van der Waals surface area contributed by atoms with E-state index in [1.807, 2.05) is 18.3 Å². The van der Waals surface area contributed by atoms with Gasteiger partial charge in [-0.15, -0.1) is 0 Å². The molecule has 2 aromatic carbocycles. The number of hydrogen-bond acceptors (Lipinski definition) is 4. The molecule has 0 spiro atoms. The van der Waals surface area contributed by atoms with E-state index in [0.29, 0.717) is 5.92 Å². The van der Waals surface area contributed by atoms with Crippen LogP contribution < -0.4 is 0 Å². The van der Waals surface area contributed by atoms with Gasteiger partial charge in [-0.3, -0.25) is 10.00 Å². The second-order valence-electron chi connectivity index (χ2n) is 7.12. The normalized spacial score (nSPS) is 17.1. The topological polar surface area (TPSA) is 57.7 Å². The summed E-state index contributed by atoms with van der Waals surface area (Å²) < 4.78 is 0. The lowest BCUT2D eigenvalue weighted by Gasteiger charge is -2.34. The fourth-order valence-corrected chi connectivity index (χ4v) is 4.06. The highest BCUT2D eigenvalue weighted by Gasteiger charge is 2.26. The van der Waals surface area contributed by atoms with E-state index in [9.17, 15) is 0 Å². The number of aromatic amines is 1. The van der Waals surface area contributed by atoms with Crippen molar-refractivity contribution in [1.29, 1.82) is 0 Å². The van der Waals surface area contributed by atoms with Gasteiger partial charge >= 0.3 is 0 Å². The summed E-state index contributed by atoms with van der Waals surface area (Å²) in [5, 5.41) is 16.7. The molecule has 1 atom stereocenters. The van der Waals surface area contributed by atoms with Crippen LogP contribution in [0.2, 0.25) is 0 Å². The standard InChI is InChI=1S/C22H21N5/c1-2-27-13-18-10-16(21-4-3-9-23-25-21)7-8-19(18)20(14-27)15-5-6-17-12-24-26-22(17)11-15/h3-12,20H,2,13-14H2,1H3,(H,24,26). The third-order valence-electron chi connectivity index (χ3n) is 5.54. The zero-order valence-electron chi connectivity index (χ0n) is 15.3. The second kappa shape index (κ2) is 6.59. The molecule has 0 aliphatic carbocycles. The minimum atomic E-state index is 0.359. The minimum Gasteiger partial charge on any atom is -0.298 e. The van der Waals surface area contributed by atoms with Crippen LogP contribution in [-0.4, -0.2) is 38.4 Å². The summed E-state index contributed by atoms with van der Waals surface area (Å²) in [6.45, 7) is 5.28. The van der Waals surface area contributed by atoms with E-state index in [-0.39, 0.29) is 0 Å². The maximum atomic E-state index is 4.27. The highest BCUT2D eigenvalue weighted by atomic mass is 15.1. The molecule has 5 nitrogen and oxygen atoms in total. The Morgan fingerprint density at radius 3 is 2.96 bits per heavy atom. The first kappa shape index (κ1) is 16.1. The molecular weight excluding hydrogens is 334 g/mol. The summed E-state index contributed by atoms with van der Waals surface area (Å²) in [7, 11) is 0. The fourth-order valence-electron chi connectivity index (χ4n) is 4.06. The van der Waals surface area contributed by atoms with Gasteiger partial charge in [0.1, 0.15) is 0 Å². The van der Waals surface area contributed by atoms with Crippen molar-refractivity contribution < 1.29 is 0 Å². The van der Waals surface area contributed by atoms with E-state index in [0.717, 1.165) is 41.8 Å². The van der Waals surface area contributed by atoms with Gasteiger partial charge in [0.2, 0.25) is 0 Å². The van der Waals surface area contributed by atoms with Crippen LogP contribution in [0.3, 0.4) is 0 Å². The number of nitrogens with one attached hydrogen (secondary N) is 1. The monoisotopic (exact) mass is 355 g/mol. The first-order valence-electron chi connectivity index (χ1n) is 9.38. The molecular formula is C22H21N5. The number of rotatable bonds is 3. The van der Waals surface area contributed by atoms with E-state index < -0.39 is 0 Å². The molecule has 27 heavy (non-hydrogen) atoms. The van der Waals surface area contributed by atoms with Crippen molar-refractivity contribution in [3.8, 4) is 11.3 Å². The van der Waals surface area contributed by atoms with Crippen LogP contribution in [0.25, 0.3) is 22.2 Å². The summed E-state index contributed by atoms with van der Waals surface area (Å²) in [6, 6.07) is 17.3. The average Bonchev–Trinajstić information content (AvgIpc) is 3.21. The summed E-state index contributed by atoms with van der Waals surface area (Å²) in [4.78, 5) is 2.50. The molecule has 1 aliphatic rings. The number of aromatic nitrogens is 4. The van der Waals surface area contributed by atoms with Gasteiger partial charge in [-0.2, -0.15) is 15.3 Å². The molecule has 1 N–H and O–H groups in total. The van der Waals surface area contributed by atoms with Crippen molar-refractivity contribution in [1.82, 2.24) is 25.3 Å². The summed E-state index contributed by atoms with van der Waals surface area (Å²) >= 11 is 0. The van der Waals surface area contributed by atoms with E-state index in [1.165, 1.54) is 16.7 Å². The van der Waals surface area contributed by atoms with Crippen molar-refractivity contribution in [3.63, 3.8) is 0 Å². The Hall–Kier alpha value is -3.05.